The zero-order valence-electron chi connectivity index (χ0n) is 15.2. The van der Waals surface area contributed by atoms with E-state index in [-0.39, 0.29) is 12.4 Å². The Morgan fingerprint density at radius 2 is 1.84 bits per heavy atom. The van der Waals surface area contributed by atoms with Crippen LogP contribution in [0.25, 0.3) is 0 Å². The third-order valence-corrected chi connectivity index (χ3v) is 4.18. The zero-order valence-corrected chi connectivity index (χ0v) is 15.2. The molecule has 1 atom stereocenters. The van der Waals surface area contributed by atoms with Crippen molar-refractivity contribution in [2.45, 2.75) is 45.6 Å². The first-order valence-corrected chi connectivity index (χ1v) is 8.51. The maximum absolute atomic E-state index is 11.9. The van der Waals surface area contributed by atoms with Crippen molar-refractivity contribution in [3.8, 4) is 5.75 Å². The number of Topliss-reactive ketones (excluding diaryl/α,β-unsaturated/α-hetero) is 1. The van der Waals surface area contributed by atoms with Crippen molar-refractivity contribution in [3.63, 3.8) is 0 Å². The number of nitrogens with one attached hydrogen (secondary N) is 1. The third kappa shape index (κ3) is 7.23. The lowest BCUT2D eigenvalue weighted by Crippen LogP contribution is -2.45. The van der Waals surface area contributed by atoms with Crippen LogP contribution >= 0.6 is 0 Å². The smallest absolute Gasteiger partial charge is 0.249 e. The third-order valence-electron chi connectivity index (χ3n) is 4.18. The van der Waals surface area contributed by atoms with Gasteiger partial charge in [-0.25, -0.2) is 0 Å². The summed E-state index contributed by atoms with van der Waals surface area (Å²) in [6.45, 7) is 3.26. The summed E-state index contributed by atoms with van der Waals surface area (Å²) < 4.78 is 5.09. The van der Waals surface area contributed by atoms with Gasteiger partial charge in [0.1, 0.15) is 17.6 Å². The number of ether oxygens (including phenoxy) is 1. The lowest BCUT2D eigenvalue weighted by Gasteiger charge is -2.27. The van der Waals surface area contributed by atoms with Gasteiger partial charge in [-0.05, 0) is 30.5 Å². The van der Waals surface area contributed by atoms with Crippen LogP contribution in [0.4, 0.5) is 0 Å². The van der Waals surface area contributed by atoms with E-state index in [0.29, 0.717) is 32.2 Å². The second-order valence-corrected chi connectivity index (χ2v) is 6.83. The number of amides is 1. The number of benzene rings is 1. The topological polar surface area (TPSA) is 95.9 Å². The number of methoxy groups -OCH3 is 1. The van der Waals surface area contributed by atoms with Gasteiger partial charge in [0.15, 0.2) is 0 Å². The van der Waals surface area contributed by atoms with Crippen LogP contribution in [0.5, 0.6) is 5.75 Å². The van der Waals surface area contributed by atoms with Crippen LogP contribution in [0, 0.1) is 5.41 Å². The van der Waals surface area contributed by atoms with Crippen molar-refractivity contribution < 1.29 is 24.5 Å². The van der Waals surface area contributed by atoms with Gasteiger partial charge < -0.3 is 20.3 Å². The molecule has 0 aliphatic heterocycles. The van der Waals surface area contributed by atoms with Crippen LogP contribution in [0.1, 0.15) is 38.7 Å². The monoisotopic (exact) mass is 351 g/mol. The first-order valence-electron chi connectivity index (χ1n) is 8.51. The Balaban J connectivity index is 2.23. The van der Waals surface area contributed by atoms with Crippen molar-refractivity contribution in [3.05, 3.63) is 29.8 Å². The molecule has 0 aromatic heterocycles. The molecule has 1 rings (SSSR count). The first kappa shape index (κ1) is 21.1. The molecular weight excluding hydrogens is 322 g/mol. The molecule has 1 amide bonds. The lowest BCUT2D eigenvalue weighted by atomic mass is 9.87. The molecule has 0 heterocycles. The Bertz CT molecular complexity index is 553. The van der Waals surface area contributed by atoms with E-state index in [1.165, 1.54) is 0 Å². The van der Waals surface area contributed by atoms with E-state index in [1.54, 1.807) is 21.0 Å². The van der Waals surface area contributed by atoms with Crippen molar-refractivity contribution in [2.24, 2.45) is 5.41 Å². The number of aliphatic hydroxyl groups is 2. The molecule has 3 N–H and O–H groups in total. The van der Waals surface area contributed by atoms with Crippen LogP contribution in [0.15, 0.2) is 24.3 Å². The number of aliphatic hydroxyl groups excluding tert-OH is 2. The standard InChI is InChI=1S/C19H29NO5/c1-19(2,13-21)17(23)18(24)20-12-4-5-15(22)9-6-14-7-10-16(25-3)11-8-14/h7-8,10-11,17,21,23H,4-6,9,12-13H2,1-3H3,(H,20,24)/t17-/m0/s1. The maximum atomic E-state index is 11.9. The molecule has 25 heavy (non-hydrogen) atoms. The Labute approximate surface area is 149 Å². The predicted molar refractivity (Wildman–Crippen MR) is 95.4 cm³/mol. The second-order valence-electron chi connectivity index (χ2n) is 6.83. The highest BCUT2D eigenvalue weighted by Crippen LogP contribution is 2.19. The highest BCUT2D eigenvalue weighted by molar-refractivity contribution is 5.81. The molecule has 140 valence electrons. The molecule has 0 unspecified atom stereocenters. The van der Waals surface area contributed by atoms with E-state index in [1.807, 2.05) is 24.3 Å². The van der Waals surface area contributed by atoms with E-state index in [4.69, 9.17) is 9.84 Å². The minimum absolute atomic E-state index is 0.140. The Kier molecular flexibility index (Phi) is 8.58. The van der Waals surface area contributed by atoms with Crippen molar-refractivity contribution in [2.75, 3.05) is 20.3 Å². The summed E-state index contributed by atoms with van der Waals surface area (Å²) in [5.41, 5.74) is 0.190. The van der Waals surface area contributed by atoms with Crippen LogP contribution in [-0.2, 0) is 16.0 Å². The molecule has 0 aliphatic carbocycles. The molecule has 0 aliphatic rings. The van der Waals surface area contributed by atoms with Crippen molar-refractivity contribution in [1.29, 1.82) is 0 Å². The Morgan fingerprint density at radius 1 is 1.20 bits per heavy atom. The molecule has 1 aromatic carbocycles. The fourth-order valence-electron chi connectivity index (χ4n) is 2.24. The SMILES string of the molecule is COc1ccc(CCC(=O)CCCNC(=O)[C@H](O)C(C)(C)CO)cc1. The fourth-order valence-corrected chi connectivity index (χ4v) is 2.24. The number of carbonyl (C=O) groups is 2. The Hall–Kier alpha value is -1.92. The number of aryl methyl sites for hydroxylation is 1. The van der Waals surface area contributed by atoms with Gasteiger partial charge in [-0.2, -0.15) is 0 Å². The van der Waals surface area contributed by atoms with Gasteiger partial charge >= 0.3 is 0 Å². The van der Waals surface area contributed by atoms with E-state index in [9.17, 15) is 14.7 Å². The number of carbonyl (C=O) groups excluding carboxylic acids is 2. The number of rotatable bonds is 11. The molecule has 0 fully saturated rings. The zero-order chi connectivity index (χ0) is 18.9. The van der Waals surface area contributed by atoms with Gasteiger partial charge in [-0.15, -0.1) is 0 Å². The molecule has 1 aromatic rings. The van der Waals surface area contributed by atoms with Gasteiger partial charge in [0, 0.05) is 24.8 Å². The summed E-state index contributed by atoms with van der Waals surface area (Å²) in [4.78, 5) is 23.7. The number of hydrogen-bond acceptors (Lipinski definition) is 5. The molecule has 6 heteroatoms. The molecule has 0 saturated heterocycles. The van der Waals surface area contributed by atoms with Crippen LogP contribution < -0.4 is 10.1 Å². The normalized spacial score (nSPS) is 12.5. The van der Waals surface area contributed by atoms with Gasteiger partial charge in [0.2, 0.25) is 5.91 Å². The molecule has 0 bridgehead atoms. The maximum Gasteiger partial charge on any atom is 0.249 e. The minimum atomic E-state index is -1.27. The van der Waals surface area contributed by atoms with Gasteiger partial charge in [0.25, 0.3) is 0 Å². The molecule has 0 saturated carbocycles. The van der Waals surface area contributed by atoms with Gasteiger partial charge in [-0.1, -0.05) is 26.0 Å². The Morgan fingerprint density at radius 3 is 2.40 bits per heavy atom. The quantitative estimate of drug-likeness (QED) is 0.525. The van der Waals surface area contributed by atoms with E-state index in [2.05, 4.69) is 5.32 Å². The molecule has 0 radical (unpaired) electrons. The number of ketones is 1. The van der Waals surface area contributed by atoms with E-state index in [0.717, 1.165) is 11.3 Å². The average Bonchev–Trinajstić information content (AvgIpc) is 2.63. The highest BCUT2D eigenvalue weighted by atomic mass is 16.5. The van der Waals surface area contributed by atoms with Crippen molar-refractivity contribution in [1.82, 2.24) is 5.32 Å². The molecule has 0 spiro atoms. The number of hydrogen-bond donors (Lipinski definition) is 3. The fraction of sp³-hybridized carbons (Fsp3) is 0.579. The van der Waals surface area contributed by atoms with Gasteiger partial charge in [-0.3, -0.25) is 9.59 Å². The summed E-state index contributed by atoms with van der Waals surface area (Å²) >= 11 is 0. The van der Waals surface area contributed by atoms with Crippen LogP contribution in [-0.4, -0.2) is 48.3 Å². The van der Waals surface area contributed by atoms with E-state index < -0.39 is 17.4 Å². The van der Waals surface area contributed by atoms with Crippen molar-refractivity contribution >= 4 is 11.7 Å². The second kappa shape index (κ2) is 10.2. The molecular formula is C19H29NO5. The summed E-state index contributed by atoms with van der Waals surface area (Å²) in [6, 6.07) is 7.62. The van der Waals surface area contributed by atoms with Gasteiger partial charge in [0.05, 0.1) is 13.7 Å². The largest absolute Gasteiger partial charge is 0.497 e. The average molecular weight is 351 g/mol. The highest BCUT2D eigenvalue weighted by Gasteiger charge is 2.32. The van der Waals surface area contributed by atoms with Crippen LogP contribution in [0.3, 0.4) is 0 Å². The summed E-state index contributed by atoms with van der Waals surface area (Å²) in [7, 11) is 1.61. The van der Waals surface area contributed by atoms with E-state index >= 15 is 0 Å². The predicted octanol–water partition coefficient (Wildman–Crippen LogP) is 1.47. The lowest BCUT2D eigenvalue weighted by molar-refractivity contribution is -0.137. The van der Waals surface area contributed by atoms with Crippen LogP contribution in [0.2, 0.25) is 0 Å². The summed E-state index contributed by atoms with van der Waals surface area (Å²) in [5.74, 6) is 0.406. The first-order chi connectivity index (χ1) is 11.8. The minimum Gasteiger partial charge on any atom is -0.497 e. The summed E-state index contributed by atoms with van der Waals surface area (Å²) in [6.07, 6.45) is 0.775. The summed E-state index contributed by atoms with van der Waals surface area (Å²) in [5, 5.41) is 21.6. The molecule has 6 nitrogen and oxygen atoms in total.